The molecule has 0 spiro atoms. The number of hydrogen-bond donors (Lipinski definition) is 1. The molecule has 1 aliphatic rings. The second-order valence-corrected chi connectivity index (χ2v) is 5.85. The van der Waals surface area contributed by atoms with Crippen molar-refractivity contribution in [2.45, 2.75) is 24.6 Å². The van der Waals surface area contributed by atoms with Crippen LogP contribution >= 0.6 is 15.9 Å². The topological polar surface area (TPSA) is 29.1 Å². The lowest BCUT2D eigenvalue weighted by Gasteiger charge is -2.14. The number of nitrogens with one attached hydrogen (secondary N) is 1. The third-order valence-electron chi connectivity index (χ3n) is 3.36. The first-order valence-corrected chi connectivity index (χ1v) is 7.07. The molecule has 1 aliphatic carbocycles. The van der Waals surface area contributed by atoms with Gasteiger partial charge in [0.15, 0.2) is 0 Å². The van der Waals surface area contributed by atoms with Crippen LogP contribution < -0.4 is 5.32 Å². The van der Waals surface area contributed by atoms with E-state index in [4.69, 9.17) is 0 Å². The van der Waals surface area contributed by atoms with Gasteiger partial charge in [-0.2, -0.15) is 0 Å². The molecule has 0 aliphatic heterocycles. The van der Waals surface area contributed by atoms with Crippen LogP contribution in [0.5, 0.6) is 0 Å². The molecule has 0 bridgehead atoms. The van der Waals surface area contributed by atoms with Gasteiger partial charge in [0.1, 0.15) is 0 Å². The highest BCUT2D eigenvalue weighted by atomic mass is 79.9. The number of carbonyl (C=O) groups excluding carboxylic acids is 1. The third kappa shape index (κ3) is 3.56. The van der Waals surface area contributed by atoms with Crippen LogP contribution in [0.4, 0.5) is 0 Å². The second-order valence-electron chi connectivity index (χ2n) is 4.75. The van der Waals surface area contributed by atoms with E-state index in [1.54, 1.807) is 0 Å². The Kier molecular flexibility index (Phi) is 4.21. The normalized spacial score (nSPS) is 18.5. The van der Waals surface area contributed by atoms with Crippen molar-refractivity contribution in [3.8, 4) is 0 Å². The average molecular weight is 296 g/mol. The van der Waals surface area contributed by atoms with E-state index in [0.717, 1.165) is 0 Å². The molecule has 1 amide bonds. The SMILES string of the molecule is CC(C(=O)NCC(Br)c1ccccc1)C1CC1. The van der Waals surface area contributed by atoms with E-state index < -0.39 is 0 Å². The number of alkyl halides is 1. The van der Waals surface area contributed by atoms with Crippen LogP contribution in [0.1, 0.15) is 30.2 Å². The van der Waals surface area contributed by atoms with Gasteiger partial charge in [0, 0.05) is 12.5 Å². The zero-order valence-electron chi connectivity index (χ0n) is 10.0. The summed E-state index contributed by atoms with van der Waals surface area (Å²) in [5, 5.41) is 3.02. The first-order chi connectivity index (χ1) is 8.18. The molecule has 1 aromatic rings. The van der Waals surface area contributed by atoms with E-state index in [9.17, 15) is 4.79 Å². The molecular weight excluding hydrogens is 278 g/mol. The highest BCUT2D eigenvalue weighted by Crippen LogP contribution is 2.36. The van der Waals surface area contributed by atoms with E-state index in [1.807, 2.05) is 25.1 Å². The van der Waals surface area contributed by atoms with Crippen molar-refractivity contribution in [2.75, 3.05) is 6.54 Å². The van der Waals surface area contributed by atoms with Gasteiger partial charge in [-0.15, -0.1) is 0 Å². The Morgan fingerprint density at radius 3 is 2.65 bits per heavy atom. The number of rotatable bonds is 5. The summed E-state index contributed by atoms with van der Waals surface area (Å²) in [6.45, 7) is 2.68. The molecule has 1 fully saturated rings. The fourth-order valence-corrected chi connectivity index (χ4v) is 2.41. The van der Waals surface area contributed by atoms with Crippen LogP contribution in [-0.4, -0.2) is 12.5 Å². The van der Waals surface area contributed by atoms with Gasteiger partial charge in [-0.3, -0.25) is 4.79 Å². The van der Waals surface area contributed by atoms with Crippen molar-refractivity contribution < 1.29 is 4.79 Å². The van der Waals surface area contributed by atoms with Crippen LogP contribution in [-0.2, 0) is 4.79 Å². The zero-order chi connectivity index (χ0) is 12.3. The van der Waals surface area contributed by atoms with Crippen LogP contribution in [0.25, 0.3) is 0 Å². The molecule has 2 rings (SSSR count). The minimum atomic E-state index is 0.172. The van der Waals surface area contributed by atoms with Crippen molar-refractivity contribution in [3.63, 3.8) is 0 Å². The maximum Gasteiger partial charge on any atom is 0.223 e. The fourth-order valence-electron chi connectivity index (χ4n) is 1.94. The van der Waals surface area contributed by atoms with Crippen molar-refractivity contribution in [1.82, 2.24) is 5.32 Å². The Bertz CT molecular complexity index is 375. The Labute approximate surface area is 111 Å². The van der Waals surface area contributed by atoms with Gasteiger partial charge in [0.05, 0.1) is 4.83 Å². The zero-order valence-corrected chi connectivity index (χ0v) is 11.6. The first-order valence-electron chi connectivity index (χ1n) is 6.15. The van der Waals surface area contributed by atoms with E-state index in [2.05, 4.69) is 33.4 Å². The molecule has 92 valence electrons. The molecule has 2 nitrogen and oxygen atoms in total. The van der Waals surface area contributed by atoms with Crippen LogP contribution in [0.3, 0.4) is 0 Å². The highest BCUT2D eigenvalue weighted by Gasteiger charge is 2.32. The summed E-state index contributed by atoms with van der Waals surface area (Å²) in [4.78, 5) is 12.0. The molecule has 0 heterocycles. The molecule has 1 saturated carbocycles. The molecule has 2 unspecified atom stereocenters. The number of amides is 1. The standard InChI is InChI=1S/C14H18BrNO/c1-10(11-7-8-11)14(17)16-9-13(15)12-5-3-2-4-6-12/h2-6,10-11,13H,7-9H2,1H3,(H,16,17). The summed E-state index contributed by atoms with van der Waals surface area (Å²) in [5.74, 6) is 0.985. The molecule has 1 aromatic carbocycles. The van der Waals surface area contributed by atoms with Gasteiger partial charge in [-0.05, 0) is 24.3 Å². The van der Waals surface area contributed by atoms with Gasteiger partial charge >= 0.3 is 0 Å². The summed E-state index contributed by atoms with van der Waals surface area (Å²) in [5.41, 5.74) is 1.20. The minimum Gasteiger partial charge on any atom is -0.354 e. The van der Waals surface area contributed by atoms with Gasteiger partial charge in [0.2, 0.25) is 5.91 Å². The minimum absolute atomic E-state index is 0.172. The van der Waals surface area contributed by atoms with Crippen molar-refractivity contribution in [2.24, 2.45) is 11.8 Å². The molecule has 3 heteroatoms. The fraction of sp³-hybridized carbons (Fsp3) is 0.500. The summed E-state index contributed by atoms with van der Waals surface area (Å²) < 4.78 is 0. The summed E-state index contributed by atoms with van der Waals surface area (Å²) in [6.07, 6.45) is 2.43. The van der Waals surface area contributed by atoms with Crippen LogP contribution in [0.15, 0.2) is 30.3 Å². The Morgan fingerprint density at radius 2 is 2.06 bits per heavy atom. The molecule has 0 radical (unpaired) electrons. The summed E-state index contributed by atoms with van der Waals surface area (Å²) in [6, 6.07) is 10.2. The molecule has 0 aromatic heterocycles. The predicted octanol–water partition coefficient (Wildman–Crippen LogP) is 3.28. The lowest BCUT2D eigenvalue weighted by atomic mass is 10.1. The number of benzene rings is 1. The van der Waals surface area contributed by atoms with E-state index >= 15 is 0 Å². The maximum atomic E-state index is 11.8. The molecule has 0 saturated heterocycles. The van der Waals surface area contributed by atoms with Crippen LogP contribution in [0.2, 0.25) is 0 Å². The third-order valence-corrected chi connectivity index (χ3v) is 4.21. The lowest BCUT2D eigenvalue weighted by molar-refractivity contribution is -0.125. The smallest absolute Gasteiger partial charge is 0.223 e. The van der Waals surface area contributed by atoms with Crippen molar-refractivity contribution >= 4 is 21.8 Å². The van der Waals surface area contributed by atoms with E-state index in [-0.39, 0.29) is 16.7 Å². The number of halogens is 1. The second kappa shape index (κ2) is 5.67. The predicted molar refractivity (Wildman–Crippen MR) is 73.0 cm³/mol. The van der Waals surface area contributed by atoms with E-state index in [1.165, 1.54) is 18.4 Å². The quantitative estimate of drug-likeness (QED) is 0.830. The highest BCUT2D eigenvalue weighted by molar-refractivity contribution is 9.09. The molecule has 1 N–H and O–H groups in total. The Hall–Kier alpha value is -0.830. The monoisotopic (exact) mass is 295 g/mol. The van der Waals surface area contributed by atoms with E-state index in [0.29, 0.717) is 12.5 Å². The van der Waals surface area contributed by atoms with Crippen molar-refractivity contribution in [3.05, 3.63) is 35.9 Å². The van der Waals surface area contributed by atoms with Gasteiger partial charge in [-0.25, -0.2) is 0 Å². The first kappa shape index (κ1) is 12.6. The van der Waals surface area contributed by atoms with Crippen LogP contribution in [0, 0.1) is 11.8 Å². The lowest BCUT2D eigenvalue weighted by Crippen LogP contribution is -2.32. The molecule has 17 heavy (non-hydrogen) atoms. The van der Waals surface area contributed by atoms with Gasteiger partial charge in [0.25, 0.3) is 0 Å². The summed E-state index contributed by atoms with van der Waals surface area (Å²) >= 11 is 3.60. The van der Waals surface area contributed by atoms with Gasteiger partial charge in [-0.1, -0.05) is 53.2 Å². The molecular formula is C14H18BrNO. The largest absolute Gasteiger partial charge is 0.354 e. The Balaban J connectivity index is 1.79. The maximum absolute atomic E-state index is 11.8. The molecule has 2 atom stereocenters. The number of hydrogen-bond acceptors (Lipinski definition) is 1. The number of carbonyl (C=O) groups is 1. The Morgan fingerprint density at radius 1 is 1.41 bits per heavy atom. The summed E-state index contributed by atoms with van der Waals surface area (Å²) in [7, 11) is 0. The van der Waals surface area contributed by atoms with Crippen molar-refractivity contribution in [1.29, 1.82) is 0 Å². The van der Waals surface area contributed by atoms with Gasteiger partial charge < -0.3 is 5.32 Å². The average Bonchev–Trinajstić information content (AvgIpc) is 3.20.